The Hall–Kier alpha value is -2.09. The van der Waals surface area contributed by atoms with Crippen LogP contribution >= 0.6 is 0 Å². The average molecular weight is 253 g/mol. The van der Waals surface area contributed by atoms with Crippen LogP contribution in [0.5, 0.6) is 0 Å². The molecule has 2 nitrogen and oxygen atoms in total. The molecule has 0 aliphatic carbocycles. The molecule has 98 valence electrons. The second-order valence-corrected chi connectivity index (χ2v) is 4.97. The zero-order valence-corrected chi connectivity index (χ0v) is 11.3. The molecular weight excluding hydrogens is 234 g/mol. The summed E-state index contributed by atoms with van der Waals surface area (Å²) in [5.74, 6) is 0.318. The third-order valence-corrected chi connectivity index (χ3v) is 3.15. The van der Waals surface area contributed by atoms with Gasteiger partial charge in [-0.1, -0.05) is 62.4 Å². The summed E-state index contributed by atoms with van der Waals surface area (Å²) in [6.07, 6.45) is 0. The van der Waals surface area contributed by atoms with E-state index < -0.39 is 0 Å². The quantitative estimate of drug-likeness (QED) is 0.882. The first kappa shape index (κ1) is 13.3. The number of hydrogen-bond acceptors (Lipinski definition) is 1. The van der Waals surface area contributed by atoms with Crippen LogP contribution in [0.25, 0.3) is 0 Å². The van der Waals surface area contributed by atoms with Crippen molar-refractivity contribution in [3.05, 3.63) is 71.8 Å². The molecule has 0 bridgehead atoms. The van der Waals surface area contributed by atoms with E-state index in [0.717, 1.165) is 5.56 Å². The Bertz CT molecular complexity index is 519. The van der Waals surface area contributed by atoms with Crippen molar-refractivity contribution in [2.45, 2.75) is 19.9 Å². The minimum Gasteiger partial charge on any atom is -0.345 e. The minimum atomic E-state index is -0.0249. The summed E-state index contributed by atoms with van der Waals surface area (Å²) < 4.78 is 0. The summed E-state index contributed by atoms with van der Waals surface area (Å²) in [7, 11) is 0. The van der Waals surface area contributed by atoms with Gasteiger partial charge >= 0.3 is 0 Å². The summed E-state index contributed by atoms with van der Waals surface area (Å²) in [4.78, 5) is 12.2. The monoisotopic (exact) mass is 253 g/mol. The normalized spacial score (nSPS) is 12.2. The first-order chi connectivity index (χ1) is 9.18. The second kappa shape index (κ2) is 6.19. The Morgan fingerprint density at radius 1 is 0.895 bits per heavy atom. The fraction of sp³-hybridized carbons (Fsp3) is 0.235. The van der Waals surface area contributed by atoms with Crippen molar-refractivity contribution in [1.29, 1.82) is 0 Å². The molecule has 0 unspecified atom stereocenters. The highest BCUT2D eigenvalue weighted by molar-refractivity contribution is 5.94. The van der Waals surface area contributed by atoms with Gasteiger partial charge in [-0.25, -0.2) is 0 Å². The molecule has 0 aliphatic rings. The largest absolute Gasteiger partial charge is 0.345 e. The third-order valence-electron chi connectivity index (χ3n) is 3.15. The predicted octanol–water partition coefficient (Wildman–Crippen LogP) is 3.81. The SMILES string of the molecule is CC(C)[C@H](NC(=O)c1ccccc1)c1ccccc1. The molecule has 0 radical (unpaired) electrons. The molecule has 2 rings (SSSR count). The van der Waals surface area contributed by atoms with Gasteiger partial charge in [0.1, 0.15) is 0 Å². The molecule has 0 saturated carbocycles. The van der Waals surface area contributed by atoms with E-state index in [1.807, 2.05) is 48.5 Å². The van der Waals surface area contributed by atoms with Crippen LogP contribution in [0.3, 0.4) is 0 Å². The summed E-state index contributed by atoms with van der Waals surface area (Å²) in [6.45, 7) is 4.23. The molecular formula is C17H19NO. The summed E-state index contributed by atoms with van der Waals surface area (Å²) in [5, 5.41) is 3.11. The molecule has 0 fully saturated rings. The highest BCUT2D eigenvalue weighted by Gasteiger charge is 2.18. The lowest BCUT2D eigenvalue weighted by Gasteiger charge is -2.23. The number of amides is 1. The van der Waals surface area contributed by atoms with E-state index >= 15 is 0 Å². The Balaban J connectivity index is 2.17. The molecule has 0 heterocycles. The van der Waals surface area contributed by atoms with Gasteiger partial charge in [0.05, 0.1) is 6.04 Å². The molecule has 0 saturated heterocycles. The summed E-state index contributed by atoms with van der Waals surface area (Å²) in [6, 6.07) is 19.5. The summed E-state index contributed by atoms with van der Waals surface area (Å²) in [5.41, 5.74) is 1.84. The highest BCUT2D eigenvalue weighted by atomic mass is 16.1. The first-order valence-electron chi connectivity index (χ1n) is 6.59. The topological polar surface area (TPSA) is 29.1 Å². The third kappa shape index (κ3) is 3.44. The smallest absolute Gasteiger partial charge is 0.251 e. The highest BCUT2D eigenvalue weighted by Crippen LogP contribution is 2.21. The Labute approximate surface area is 114 Å². The van der Waals surface area contributed by atoms with Crippen LogP contribution in [0.2, 0.25) is 0 Å². The van der Waals surface area contributed by atoms with Gasteiger partial charge in [-0.3, -0.25) is 4.79 Å². The van der Waals surface area contributed by atoms with Gasteiger partial charge in [0.2, 0.25) is 0 Å². The van der Waals surface area contributed by atoms with Gasteiger partial charge in [0.25, 0.3) is 5.91 Å². The van der Waals surface area contributed by atoms with Crippen molar-refractivity contribution >= 4 is 5.91 Å². The van der Waals surface area contributed by atoms with Crippen molar-refractivity contribution in [3.63, 3.8) is 0 Å². The number of carbonyl (C=O) groups is 1. The van der Waals surface area contributed by atoms with E-state index in [9.17, 15) is 4.79 Å². The van der Waals surface area contributed by atoms with E-state index in [1.54, 1.807) is 0 Å². The van der Waals surface area contributed by atoms with Crippen molar-refractivity contribution in [2.24, 2.45) is 5.92 Å². The van der Waals surface area contributed by atoms with Gasteiger partial charge in [-0.15, -0.1) is 0 Å². The van der Waals surface area contributed by atoms with Crippen molar-refractivity contribution < 1.29 is 4.79 Å². The fourth-order valence-corrected chi connectivity index (χ4v) is 2.11. The molecule has 2 aromatic rings. The predicted molar refractivity (Wildman–Crippen MR) is 77.9 cm³/mol. The van der Waals surface area contributed by atoms with Crippen LogP contribution in [0.15, 0.2) is 60.7 Å². The van der Waals surface area contributed by atoms with Crippen LogP contribution < -0.4 is 5.32 Å². The van der Waals surface area contributed by atoms with Crippen LogP contribution in [-0.4, -0.2) is 5.91 Å². The number of benzene rings is 2. The maximum absolute atomic E-state index is 12.2. The van der Waals surface area contributed by atoms with E-state index in [-0.39, 0.29) is 11.9 Å². The van der Waals surface area contributed by atoms with Crippen molar-refractivity contribution in [1.82, 2.24) is 5.32 Å². The van der Waals surface area contributed by atoms with Crippen LogP contribution in [-0.2, 0) is 0 Å². The Morgan fingerprint density at radius 3 is 1.95 bits per heavy atom. The molecule has 1 atom stereocenters. The van der Waals surface area contributed by atoms with Gasteiger partial charge < -0.3 is 5.32 Å². The van der Waals surface area contributed by atoms with E-state index in [1.165, 1.54) is 0 Å². The number of rotatable bonds is 4. The van der Waals surface area contributed by atoms with Gasteiger partial charge in [-0.2, -0.15) is 0 Å². The van der Waals surface area contributed by atoms with E-state index in [2.05, 4.69) is 31.3 Å². The zero-order chi connectivity index (χ0) is 13.7. The first-order valence-corrected chi connectivity index (χ1v) is 6.59. The van der Waals surface area contributed by atoms with E-state index in [0.29, 0.717) is 11.5 Å². The van der Waals surface area contributed by atoms with E-state index in [4.69, 9.17) is 0 Å². The molecule has 0 aromatic heterocycles. The fourth-order valence-electron chi connectivity index (χ4n) is 2.11. The van der Waals surface area contributed by atoms with Crippen LogP contribution in [0, 0.1) is 5.92 Å². The number of hydrogen-bond donors (Lipinski definition) is 1. The van der Waals surface area contributed by atoms with Gasteiger partial charge in [0, 0.05) is 5.56 Å². The lowest BCUT2D eigenvalue weighted by Crippen LogP contribution is -2.31. The van der Waals surface area contributed by atoms with Crippen LogP contribution in [0.1, 0.15) is 35.8 Å². The lowest BCUT2D eigenvalue weighted by molar-refractivity contribution is 0.0925. The zero-order valence-electron chi connectivity index (χ0n) is 11.3. The molecule has 1 N–H and O–H groups in total. The molecule has 19 heavy (non-hydrogen) atoms. The van der Waals surface area contributed by atoms with Crippen molar-refractivity contribution in [2.75, 3.05) is 0 Å². The Kier molecular flexibility index (Phi) is 4.35. The Morgan fingerprint density at radius 2 is 1.42 bits per heavy atom. The standard InChI is InChI=1S/C17H19NO/c1-13(2)16(14-9-5-3-6-10-14)18-17(19)15-11-7-4-8-12-15/h3-13,16H,1-2H3,(H,18,19)/t16-/m0/s1. The number of carbonyl (C=O) groups excluding carboxylic acids is 1. The van der Waals surface area contributed by atoms with Gasteiger partial charge in [0.15, 0.2) is 0 Å². The molecule has 2 heteroatoms. The maximum Gasteiger partial charge on any atom is 0.251 e. The number of nitrogens with one attached hydrogen (secondary N) is 1. The maximum atomic E-state index is 12.2. The van der Waals surface area contributed by atoms with Crippen LogP contribution in [0.4, 0.5) is 0 Å². The average Bonchev–Trinajstić information content (AvgIpc) is 2.46. The molecule has 2 aromatic carbocycles. The minimum absolute atomic E-state index is 0.0249. The molecule has 0 aliphatic heterocycles. The molecule has 0 spiro atoms. The lowest BCUT2D eigenvalue weighted by atomic mass is 9.95. The second-order valence-electron chi connectivity index (χ2n) is 4.97. The molecule has 1 amide bonds. The van der Waals surface area contributed by atoms with Crippen molar-refractivity contribution in [3.8, 4) is 0 Å². The summed E-state index contributed by atoms with van der Waals surface area (Å²) >= 11 is 0. The van der Waals surface area contributed by atoms with Gasteiger partial charge in [-0.05, 0) is 23.6 Å².